The number of aliphatic carboxylic acids is 1. The molecule has 1 aliphatic rings. The molecule has 1 atom stereocenters. The first-order valence-corrected chi connectivity index (χ1v) is 7.84. The number of hydrogen-bond acceptors (Lipinski definition) is 3. The number of carboxylic acids is 1. The lowest BCUT2D eigenvalue weighted by molar-refractivity contribution is -0.141. The van der Waals surface area contributed by atoms with Crippen LogP contribution >= 0.6 is 0 Å². The Morgan fingerprint density at radius 1 is 1.35 bits per heavy atom. The summed E-state index contributed by atoms with van der Waals surface area (Å²) in [5.41, 5.74) is 1.73. The summed E-state index contributed by atoms with van der Waals surface area (Å²) >= 11 is 0. The molecule has 2 rings (SSSR count). The molecule has 1 aromatic rings. The van der Waals surface area contributed by atoms with E-state index in [4.69, 9.17) is 0 Å². The van der Waals surface area contributed by atoms with Crippen LogP contribution in [0.3, 0.4) is 0 Å². The van der Waals surface area contributed by atoms with E-state index in [1.165, 1.54) is 0 Å². The Balaban J connectivity index is 2.39. The summed E-state index contributed by atoms with van der Waals surface area (Å²) < 4.78 is 28.0. The summed E-state index contributed by atoms with van der Waals surface area (Å²) in [7, 11) is -3.82. The second kappa shape index (κ2) is 5.51. The predicted molar refractivity (Wildman–Crippen MR) is 74.3 cm³/mol. The van der Waals surface area contributed by atoms with Gasteiger partial charge in [-0.2, -0.15) is 17.4 Å². The van der Waals surface area contributed by atoms with Crippen molar-refractivity contribution in [1.82, 2.24) is 9.03 Å². The van der Waals surface area contributed by atoms with Gasteiger partial charge in [-0.15, -0.1) is 0 Å². The maximum Gasteiger partial charge on any atom is 0.322 e. The van der Waals surface area contributed by atoms with Crippen molar-refractivity contribution in [2.24, 2.45) is 0 Å². The molecule has 1 aliphatic heterocycles. The van der Waals surface area contributed by atoms with E-state index in [1.807, 2.05) is 24.3 Å². The van der Waals surface area contributed by atoms with Gasteiger partial charge in [-0.3, -0.25) is 4.79 Å². The van der Waals surface area contributed by atoms with Crippen LogP contribution in [-0.2, 0) is 28.0 Å². The molecular formula is C13H18N2O4S. The van der Waals surface area contributed by atoms with E-state index < -0.39 is 22.2 Å². The molecule has 0 spiro atoms. The average Bonchev–Trinajstić information content (AvgIpc) is 2.35. The van der Waals surface area contributed by atoms with Crippen molar-refractivity contribution >= 4 is 16.2 Å². The molecule has 0 radical (unpaired) electrons. The third-order valence-corrected chi connectivity index (χ3v) is 4.95. The van der Waals surface area contributed by atoms with E-state index in [9.17, 15) is 18.3 Å². The number of carboxylic acid groups (broad SMARTS) is 1. The largest absolute Gasteiger partial charge is 0.480 e. The molecule has 1 heterocycles. The van der Waals surface area contributed by atoms with Crippen LogP contribution in [0.5, 0.6) is 0 Å². The summed E-state index contributed by atoms with van der Waals surface area (Å²) in [4.78, 5) is 11.4. The third kappa shape index (κ3) is 3.00. The first-order valence-electron chi connectivity index (χ1n) is 6.40. The summed E-state index contributed by atoms with van der Waals surface area (Å²) in [6.45, 7) is 3.48. The van der Waals surface area contributed by atoms with Crippen LogP contribution in [0.4, 0.5) is 0 Å². The molecule has 0 bridgehead atoms. The van der Waals surface area contributed by atoms with Crippen molar-refractivity contribution < 1.29 is 18.3 Å². The van der Waals surface area contributed by atoms with Crippen molar-refractivity contribution in [2.75, 3.05) is 0 Å². The van der Waals surface area contributed by atoms with Gasteiger partial charge in [-0.25, -0.2) is 0 Å². The van der Waals surface area contributed by atoms with Gasteiger partial charge in [-0.05, 0) is 25.0 Å². The summed E-state index contributed by atoms with van der Waals surface area (Å²) in [6, 6.07) is 5.96. The summed E-state index contributed by atoms with van der Waals surface area (Å²) in [6.07, 6.45) is 0.185. The van der Waals surface area contributed by atoms with Gasteiger partial charge in [0, 0.05) is 19.0 Å². The standard InChI is InChI=1S/C13H18N2O4S/c1-9(2)14-20(18,19)15-8-11-6-4-3-5-10(11)7-12(15)13(16)17/h3-6,9,12,14H,7-8H2,1-2H3,(H,16,17)/t12-/m0/s1. The monoisotopic (exact) mass is 298 g/mol. The van der Waals surface area contributed by atoms with Crippen LogP contribution in [0.1, 0.15) is 25.0 Å². The second-order valence-electron chi connectivity index (χ2n) is 5.15. The highest BCUT2D eigenvalue weighted by molar-refractivity contribution is 7.87. The topological polar surface area (TPSA) is 86.7 Å². The molecule has 0 amide bonds. The molecule has 0 unspecified atom stereocenters. The van der Waals surface area contributed by atoms with Gasteiger partial charge < -0.3 is 5.11 Å². The molecule has 0 aliphatic carbocycles. The molecule has 1 aromatic carbocycles. The Morgan fingerprint density at radius 2 is 1.95 bits per heavy atom. The second-order valence-corrected chi connectivity index (χ2v) is 6.80. The summed E-state index contributed by atoms with van der Waals surface area (Å²) in [5.74, 6) is -1.13. The predicted octanol–water partition coefficient (Wildman–Crippen LogP) is 0.741. The van der Waals surface area contributed by atoms with Crippen LogP contribution in [0.15, 0.2) is 24.3 Å². The molecule has 2 N–H and O–H groups in total. The quantitative estimate of drug-likeness (QED) is 0.858. The van der Waals surface area contributed by atoms with E-state index in [-0.39, 0.29) is 19.0 Å². The van der Waals surface area contributed by atoms with Gasteiger partial charge in [0.25, 0.3) is 10.2 Å². The normalized spacial score (nSPS) is 19.9. The van der Waals surface area contributed by atoms with E-state index in [0.29, 0.717) is 0 Å². The lowest BCUT2D eigenvalue weighted by Gasteiger charge is -2.33. The van der Waals surface area contributed by atoms with E-state index in [1.54, 1.807) is 13.8 Å². The summed E-state index contributed by atoms with van der Waals surface area (Å²) in [5, 5.41) is 9.30. The fourth-order valence-corrected chi connectivity index (χ4v) is 3.87. The van der Waals surface area contributed by atoms with Crippen LogP contribution < -0.4 is 4.72 Å². The minimum absolute atomic E-state index is 0.0786. The van der Waals surface area contributed by atoms with Crippen molar-refractivity contribution in [3.05, 3.63) is 35.4 Å². The molecule has 20 heavy (non-hydrogen) atoms. The fourth-order valence-electron chi connectivity index (χ4n) is 2.33. The van der Waals surface area contributed by atoms with Crippen molar-refractivity contribution in [3.63, 3.8) is 0 Å². The minimum atomic E-state index is -3.82. The first kappa shape index (κ1) is 15.0. The van der Waals surface area contributed by atoms with Gasteiger partial charge in [-0.1, -0.05) is 24.3 Å². The molecule has 7 heteroatoms. The zero-order chi connectivity index (χ0) is 14.9. The highest BCUT2D eigenvalue weighted by Gasteiger charge is 2.38. The Labute approximate surface area is 118 Å². The highest BCUT2D eigenvalue weighted by Crippen LogP contribution is 2.25. The number of rotatable bonds is 4. The van der Waals surface area contributed by atoms with Crippen molar-refractivity contribution in [1.29, 1.82) is 0 Å². The Hall–Kier alpha value is -1.44. The molecule has 110 valence electrons. The lowest BCUT2D eigenvalue weighted by Crippen LogP contribution is -2.53. The Kier molecular flexibility index (Phi) is 4.12. The molecule has 0 fully saturated rings. The average molecular weight is 298 g/mol. The SMILES string of the molecule is CC(C)NS(=O)(=O)N1Cc2ccccc2C[C@H]1C(=O)O. The lowest BCUT2D eigenvalue weighted by atomic mass is 9.96. The maximum atomic E-state index is 12.3. The molecule has 0 saturated carbocycles. The van der Waals surface area contributed by atoms with E-state index in [2.05, 4.69) is 4.72 Å². The zero-order valence-corrected chi connectivity index (χ0v) is 12.2. The molecular weight excluding hydrogens is 280 g/mol. The molecule has 6 nitrogen and oxygen atoms in total. The van der Waals surface area contributed by atoms with Crippen molar-refractivity contribution in [3.8, 4) is 0 Å². The Bertz CT molecular complexity index is 613. The number of nitrogens with one attached hydrogen (secondary N) is 1. The van der Waals surface area contributed by atoms with Crippen molar-refractivity contribution in [2.45, 2.75) is 38.9 Å². The molecule has 0 saturated heterocycles. The number of carbonyl (C=O) groups is 1. The van der Waals surface area contributed by atoms with Crippen LogP contribution in [0.2, 0.25) is 0 Å². The van der Waals surface area contributed by atoms with Gasteiger partial charge >= 0.3 is 5.97 Å². The molecule has 0 aromatic heterocycles. The van der Waals surface area contributed by atoms with E-state index in [0.717, 1.165) is 15.4 Å². The van der Waals surface area contributed by atoms with Gasteiger partial charge in [0.2, 0.25) is 0 Å². The highest BCUT2D eigenvalue weighted by atomic mass is 32.2. The third-order valence-electron chi connectivity index (χ3n) is 3.18. The van der Waals surface area contributed by atoms with Crippen LogP contribution in [-0.4, -0.2) is 35.9 Å². The number of hydrogen-bond donors (Lipinski definition) is 2. The Morgan fingerprint density at radius 3 is 2.50 bits per heavy atom. The number of nitrogens with zero attached hydrogens (tertiary/aromatic N) is 1. The number of fused-ring (bicyclic) bond motifs is 1. The zero-order valence-electron chi connectivity index (χ0n) is 11.4. The van der Waals surface area contributed by atoms with E-state index >= 15 is 0 Å². The van der Waals surface area contributed by atoms with Crippen LogP contribution in [0, 0.1) is 0 Å². The van der Waals surface area contributed by atoms with Gasteiger partial charge in [0.1, 0.15) is 6.04 Å². The maximum absolute atomic E-state index is 12.3. The van der Waals surface area contributed by atoms with Crippen LogP contribution in [0.25, 0.3) is 0 Å². The smallest absolute Gasteiger partial charge is 0.322 e. The fraction of sp³-hybridized carbons (Fsp3) is 0.462. The minimum Gasteiger partial charge on any atom is -0.480 e. The van der Waals surface area contributed by atoms with Gasteiger partial charge in [0.05, 0.1) is 0 Å². The first-order chi connectivity index (χ1) is 9.31. The van der Waals surface area contributed by atoms with Gasteiger partial charge in [0.15, 0.2) is 0 Å². The number of benzene rings is 1.